The third-order valence-corrected chi connectivity index (χ3v) is 8.63. The lowest BCUT2D eigenvalue weighted by molar-refractivity contribution is -0.123. The van der Waals surface area contributed by atoms with Crippen LogP contribution >= 0.6 is 0 Å². The van der Waals surface area contributed by atoms with Crippen LogP contribution in [0.3, 0.4) is 0 Å². The molecule has 2 heterocycles. The van der Waals surface area contributed by atoms with E-state index in [0.29, 0.717) is 19.6 Å². The zero-order chi connectivity index (χ0) is 24.2. The number of sulfonamides is 1. The van der Waals surface area contributed by atoms with Crippen molar-refractivity contribution in [1.29, 1.82) is 0 Å². The average molecular weight is 474 g/mol. The maximum absolute atomic E-state index is 13.2. The second-order valence-corrected chi connectivity index (χ2v) is 10.4. The van der Waals surface area contributed by atoms with E-state index in [1.54, 1.807) is 0 Å². The molecule has 8 nitrogen and oxygen atoms in total. The van der Waals surface area contributed by atoms with Gasteiger partial charge < -0.3 is 15.2 Å². The molecule has 2 aliphatic rings. The third kappa shape index (κ3) is 7.57. The van der Waals surface area contributed by atoms with E-state index in [2.05, 4.69) is 30.9 Å². The number of nitrogens with two attached hydrogens (primary N) is 1. The topological polar surface area (TPSA) is 102 Å². The van der Waals surface area contributed by atoms with Crippen molar-refractivity contribution in [3.05, 3.63) is 24.0 Å². The molecule has 0 aliphatic carbocycles. The van der Waals surface area contributed by atoms with Gasteiger partial charge >= 0.3 is 0 Å². The summed E-state index contributed by atoms with van der Waals surface area (Å²) >= 11 is 0. The summed E-state index contributed by atoms with van der Waals surface area (Å²) in [5, 5.41) is 0. The van der Waals surface area contributed by atoms with Crippen molar-refractivity contribution in [1.82, 2.24) is 9.21 Å². The highest BCUT2D eigenvalue weighted by Gasteiger charge is 2.53. The minimum atomic E-state index is -3.80. The molecule has 9 heteroatoms. The van der Waals surface area contributed by atoms with Crippen LogP contribution < -0.4 is 5.73 Å². The average Bonchev–Trinajstić information content (AvgIpc) is 3.02. The van der Waals surface area contributed by atoms with Gasteiger partial charge in [-0.05, 0) is 46.6 Å². The Hall–Kier alpha value is -1.42. The normalized spacial score (nSPS) is 22.0. The van der Waals surface area contributed by atoms with Gasteiger partial charge in [-0.1, -0.05) is 19.1 Å². The molecule has 2 saturated heterocycles. The van der Waals surface area contributed by atoms with E-state index in [1.165, 1.54) is 4.31 Å². The molecule has 1 unspecified atom stereocenters. The molecule has 0 aromatic carbocycles. The van der Waals surface area contributed by atoms with Gasteiger partial charge in [0.2, 0.25) is 15.9 Å². The Kier molecular flexibility index (Phi) is 12.5. The molecule has 0 aromatic heterocycles. The summed E-state index contributed by atoms with van der Waals surface area (Å²) in [4.78, 5) is 14.3. The first-order valence-corrected chi connectivity index (χ1v) is 13.1. The highest BCUT2D eigenvalue weighted by Crippen LogP contribution is 2.33. The van der Waals surface area contributed by atoms with Gasteiger partial charge in [0.05, 0.1) is 12.4 Å². The molecule has 0 aromatic rings. The van der Waals surface area contributed by atoms with E-state index < -0.39 is 20.7 Å². The summed E-state index contributed by atoms with van der Waals surface area (Å²) in [6.45, 7) is 13.7. The maximum atomic E-state index is 13.2. The van der Waals surface area contributed by atoms with Crippen molar-refractivity contribution in [2.45, 2.75) is 71.1 Å². The van der Waals surface area contributed by atoms with Gasteiger partial charge in [0, 0.05) is 58.3 Å². The second-order valence-electron chi connectivity index (χ2n) is 8.19. The lowest BCUT2D eigenvalue weighted by Crippen LogP contribution is -2.59. The maximum Gasteiger partial charge on any atom is 0.240 e. The van der Waals surface area contributed by atoms with E-state index in [0.717, 1.165) is 31.8 Å². The number of primary amides is 1. The van der Waals surface area contributed by atoms with Crippen LogP contribution in [0, 0.1) is 0 Å². The monoisotopic (exact) mass is 473 g/mol. The second kappa shape index (κ2) is 14.0. The van der Waals surface area contributed by atoms with Crippen LogP contribution in [0.15, 0.2) is 24.0 Å². The summed E-state index contributed by atoms with van der Waals surface area (Å²) in [5.41, 5.74) is 5.53. The number of rotatable bonds is 8. The van der Waals surface area contributed by atoms with Crippen LogP contribution in [0.2, 0.25) is 0 Å². The summed E-state index contributed by atoms with van der Waals surface area (Å²) in [6, 6.07) is 0.269. The van der Waals surface area contributed by atoms with Crippen LogP contribution in [-0.2, 0) is 24.3 Å². The third-order valence-electron chi connectivity index (χ3n) is 5.98. The van der Waals surface area contributed by atoms with Crippen molar-refractivity contribution in [2.24, 2.45) is 5.73 Å². The van der Waals surface area contributed by atoms with Gasteiger partial charge in [-0.2, -0.15) is 4.31 Å². The first-order valence-electron chi connectivity index (χ1n) is 11.7. The predicted octanol–water partition coefficient (Wildman–Crippen LogP) is 2.66. The minimum absolute atomic E-state index is 0.139. The molecule has 2 N–H and O–H groups in total. The van der Waals surface area contributed by atoms with Crippen molar-refractivity contribution in [3.8, 4) is 0 Å². The van der Waals surface area contributed by atoms with Gasteiger partial charge in [-0.3, -0.25) is 9.69 Å². The highest BCUT2D eigenvalue weighted by atomic mass is 32.2. The number of hydrogen-bond acceptors (Lipinski definition) is 6. The van der Waals surface area contributed by atoms with Gasteiger partial charge in [0.25, 0.3) is 0 Å². The van der Waals surface area contributed by atoms with Crippen LogP contribution in [0.5, 0.6) is 0 Å². The summed E-state index contributed by atoms with van der Waals surface area (Å²) in [6.07, 6.45) is 8.27. The van der Waals surface area contributed by atoms with Crippen LogP contribution in [0.4, 0.5) is 0 Å². The molecule has 0 bridgehead atoms. The molecule has 0 radical (unpaired) electrons. The lowest BCUT2D eigenvalue weighted by atomic mass is 9.98. The van der Waals surface area contributed by atoms with Gasteiger partial charge in [-0.15, -0.1) is 0 Å². The zero-order valence-corrected chi connectivity index (χ0v) is 21.3. The fourth-order valence-electron chi connectivity index (χ4n) is 4.12. The molecule has 2 fully saturated rings. The fourth-order valence-corrected chi connectivity index (χ4v) is 6.24. The number of carbonyl (C=O) groups excluding carboxylic acids is 1. The van der Waals surface area contributed by atoms with Crippen molar-refractivity contribution in [2.75, 3.05) is 46.0 Å². The highest BCUT2D eigenvalue weighted by molar-refractivity contribution is 7.91. The summed E-state index contributed by atoms with van der Waals surface area (Å²) in [7, 11) is -3.80. The molecule has 32 heavy (non-hydrogen) atoms. The van der Waals surface area contributed by atoms with Crippen LogP contribution in [-0.4, -0.2) is 80.3 Å². The van der Waals surface area contributed by atoms with Gasteiger partial charge in [0.15, 0.2) is 4.75 Å². The van der Waals surface area contributed by atoms with Crippen molar-refractivity contribution >= 4 is 15.9 Å². The lowest BCUT2D eigenvalue weighted by Gasteiger charge is -2.37. The van der Waals surface area contributed by atoms with E-state index in [1.807, 2.05) is 26.8 Å². The van der Waals surface area contributed by atoms with E-state index >= 15 is 0 Å². The molecular formula is C23H43N3O5S. The van der Waals surface area contributed by atoms with E-state index in [-0.39, 0.29) is 32.1 Å². The molecule has 1 amide bonds. The Morgan fingerprint density at radius 1 is 1.19 bits per heavy atom. The fraction of sp³-hybridized carbons (Fsp3) is 0.783. The van der Waals surface area contributed by atoms with Gasteiger partial charge in [0.1, 0.15) is 0 Å². The molecule has 2 rings (SSSR count). The van der Waals surface area contributed by atoms with Crippen molar-refractivity contribution in [3.63, 3.8) is 0 Å². The summed E-state index contributed by atoms with van der Waals surface area (Å²) < 4.78 is 36.7. The molecule has 2 aliphatic heterocycles. The van der Waals surface area contributed by atoms with E-state index in [9.17, 15) is 13.2 Å². The molecular weight excluding hydrogens is 430 g/mol. The number of nitrogens with zero attached hydrogens (tertiary/aromatic N) is 2. The molecule has 0 spiro atoms. The van der Waals surface area contributed by atoms with Crippen molar-refractivity contribution < 1.29 is 22.7 Å². The number of allylic oxidation sites excluding steroid dienone is 3. The SMILES string of the molecule is C/C=C\C(C)N1CCCN(S(=O)(=O)C2(C(N)=O)CCOCC2)CC1.CC/C=C(\C)OCC. The van der Waals surface area contributed by atoms with E-state index in [4.69, 9.17) is 15.2 Å². The standard InChI is InChI=1S/C16H29N3O4S.C7H14O/c1-3-5-14(2)18-8-4-9-19(11-10-18)24(21,22)16(15(17)20)6-12-23-13-7-16;1-4-6-7(3)8-5-2/h3,5,14H,4,6-13H2,1-2H3,(H2,17,20);6H,4-5H2,1-3H3/b5-3-;7-6+. The Labute approximate surface area is 194 Å². The van der Waals surface area contributed by atoms with Crippen LogP contribution in [0.25, 0.3) is 0 Å². The Morgan fingerprint density at radius 2 is 1.84 bits per heavy atom. The van der Waals surface area contributed by atoms with Gasteiger partial charge in [-0.25, -0.2) is 8.42 Å². The summed E-state index contributed by atoms with van der Waals surface area (Å²) in [5.74, 6) is 0.282. The number of ether oxygens (including phenoxy) is 2. The molecule has 186 valence electrons. The first kappa shape index (κ1) is 28.6. The zero-order valence-electron chi connectivity index (χ0n) is 20.5. The largest absolute Gasteiger partial charge is 0.499 e. The Bertz CT molecular complexity index is 730. The first-order chi connectivity index (χ1) is 15.2. The Balaban J connectivity index is 0.000000547. The minimum Gasteiger partial charge on any atom is -0.499 e. The van der Waals surface area contributed by atoms with Crippen LogP contribution in [0.1, 0.15) is 60.3 Å². The number of carbonyl (C=O) groups is 1. The predicted molar refractivity (Wildman–Crippen MR) is 129 cm³/mol. The Morgan fingerprint density at radius 3 is 2.38 bits per heavy atom. The molecule has 1 atom stereocenters. The quantitative estimate of drug-likeness (QED) is 0.429. The number of hydrogen-bond donors (Lipinski definition) is 1. The number of amides is 1. The molecule has 0 saturated carbocycles. The smallest absolute Gasteiger partial charge is 0.240 e.